The van der Waals surface area contributed by atoms with Gasteiger partial charge in [0.1, 0.15) is 0 Å². The zero-order valence-electron chi connectivity index (χ0n) is 12.9. The van der Waals surface area contributed by atoms with E-state index in [4.69, 9.17) is 11.9 Å². The number of nitrogens with zero attached hydrogens (tertiary/aromatic N) is 1. The summed E-state index contributed by atoms with van der Waals surface area (Å²) in [5, 5.41) is 0. The molecule has 0 radical (unpaired) electrons. The molecule has 0 aromatic carbocycles. The Morgan fingerprint density at radius 2 is 1.63 bits per heavy atom. The number of hydrogen-bond donors (Lipinski definition) is 0. The fraction of sp³-hybridized carbons (Fsp3) is 0.500. The molecular formula is C12H23F3NOPW-2. The standard InChI is InChI=1S/C7H7F3.C3H9P.2CH3.NO.W/c8-7(9,10)6-4-2-1-3-5-6;1-4(2)3;;;1-2;/h1-2,4H,3,5H2;1-3H3;2*1H3;;/q;;3*-1;/p+1/i3D;;;;;/t3-;;;;;/m0...../s1. The summed E-state index contributed by atoms with van der Waals surface area (Å²) >= 11 is 0. The Hall–Kier alpha value is -0.0117. The summed E-state index contributed by atoms with van der Waals surface area (Å²) < 4.78 is 42.8. The van der Waals surface area contributed by atoms with E-state index in [1.54, 1.807) is 0 Å². The van der Waals surface area contributed by atoms with E-state index in [9.17, 15) is 13.2 Å². The number of nitroso groups, excluding NO2 is 1. The van der Waals surface area contributed by atoms with Crippen LogP contribution in [-0.2, 0) is 21.1 Å². The van der Waals surface area contributed by atoms with E-state index < -0.39 is 18.1 Å². The van der Waals surface area contributed by atoms with Crippen molar-refractivity contribution >= 4 is 7.92 Å². The normalized spacial score (nSPS) is 16.7. The minimum Gasteiger partial charge on any atom is -0.577 e. The molecule has 0 spiro atoms. The monoisotopic (exact) mass is 470 g/mol. The molecule has 0 unspecified atom stereocenters. The first-order chi connectivity index (χ1) is 7.73. The molecule has 116 valence electrons. The number of alkyl halides is 3. The summed E-state index contributed by atoms with van der Waals surface area (Å²) in [5.74, 6) is 0. The van der Waals surface area contributed by atoms with Crippen LogP contribution in [0.5, 0.6) is 0 Å². The molecule has 1 rings (SSSR count). The molecule has 0 aliphatic heterocycles. The molecule has 19 heavy (non-hydrogen) atoms. The SMILES string of the molecule is C[PH+](C)C.[2H][C@H]1C=CC=C(C(F)(F)F)C1.[CH3-].[CH3-].[N-]=O.[W]. The van der Waals surface area contributed by atoms with Crippen LogP contribution in [0.4, 0.5) is 13.2 Å². The average molecular weight is 470 g/mol. The van der Waals surface area contributed by atoms with Crippen LogP contribution >= 0.6 is 7.92 Å². The van der Waals surface area contributed by atoms with Gasteiger partial charge >= 0.3 is 6.18 Å². The van der Waals surface area contributed by atoms with Crippen LogP contribution < -0.4 is 0 Å². The van der Waals surface area contributed by atoms with Gasteiger partial charge in [-0.1, -0.05) is 18.2 Å². The average Bonchev–Trinajstić information content (AvgIpc) is 2.18. The van der Waals surface area contributed by atoms with Crippen molar-refractivity contribution in [2.75, 3.05) is 20.0 Å². The Kier molecular flexibility index (Phi) is 25.9. The van der Waals surface area contributed by atoms with E-state index in [-0.39, 0.29) is 50.3 Å². The number of allylic oxidation sites excluding steroid dienone is 4. The van der Waals surface area contributed by atoms with E-state index in [0.29, 0.717) is 0 Å². The smallest absolute Gasteiger partial charge is 0.412 e. The molecule has 0 heterocycles. The number of hydrogen-bond acceptors (Lipinski definition) is 1. The van der Waals surface area contributed by atoms with Crippen LogP contribution in [0.25, 0.3) is 5.59 Å². The summed E-state index contributed by atoms with van der Waals surface area (Å²) in [7, 11) is 0.120. The third-order valence-corrected chi connectivity index (χ3v) is 1.25. The number of halogens is 3. The molecule has 1 aliphatic rings. The molecule has 0 saturated heterocycles. The van der Waals surface area contributed by atoms with Crippen molar-refractivity contribution in [3.05, 3.63) is 49.2 Å². The van der Waals surface area contributed by atoms with Crippen molar-refractivity contribution in [3.63, 3.8) is 0 Å². The fourth-order valence-corrected chi connectivity index (χ4v) is 0.724. The second-order valence-corrected chi connectivity index (χ2v) is 6.51. The van der Waals surface area contributed by atoms with Gasteiger partial charge in [-0.05, 0) is 20.7 Å². The van der Waals surface area contributed by atoms with Gasteiger partial charge in [-0.3, -0.25) is 0 Å². The maximum absolute atomic E-state index is 11.9. The topological polar surface area (TPSA) is 39.4 Å². The molecule has 0 amide bonds. The summed E-state index contributed by atoms with van der Waals surface area (Å²) in [4.78, 5) is 7.25. The van der Waals surface area contributed by atoms with Gasteiger partial charge in [-0.15, -0.1) is 0 Å². The second kappa shape index (κ2) is 18.0. The van der Waals surface area contributed by atoms with Crippen LogP contribution in [-0.4, -0.2) is 26.2 Å². The largest absolute Gasteiger partial charge is 0.577 e. The Labute approximate surface area is 132 Å². The first-order valence-corrected chi connectivity index (χ1v) is 7.55. The summed E-state index contributed by atoms with van der Waals surface area (Å²) in [6, 6.07) is 0. The van der Waals surface area contributed by atoms with E-state index in [1.165, 1.54) is 12.2 Å². The van der Waals surface area contributed by atoms with Gasteiger partial charge in [-0.25, -0.2) is 0 Å². The van der Waals surface area contributed by atoms with Crippen molar-refractivity contribution in [1.82, 2.24) is 0 Å². The van der Waals surface area contributed by atoms with Gasteiger partial charge in [0.05, 0.1) is 0 Å². The van der Waals surface area contributed by atoms with Crippen molar-refractivity contribution in [3.8, 4) is 0 Å². The predicted molar refractivity (Wildman–Crippen MR) is 78.2 cm³/mol. The minimum atomic E-state index is -4.26. The van der Waals surface area contributed by atoms with Crippen LogP contribution in [0.3, 0.4) is 0 Å². The Balaban J connectivity index is -0.0000000733. The van der Waals surface area contributed by atoms with Gasteiger partial charge in [0, 0.05) is 48.0 Å². The third-order valence-electron chi connectivity index (χ3n) is 1.25. The van der Waals surface area contributed by atoms with E-state index >= 15 is 0 Å². The minimum absolute atomic E-state index is 0. The fourth-order valence-electron chi connectivity index (χ4n) is 0.724. The molecule has 0 aromatic rings. The van der Waals surface area contributed by atoms with Crippen LogP contribution in [0.15, 0.2) is 23.8 Å². The Morgan fingerprint density at radius 1 is 1.26 bits per heavy atom. The molecule has 0 aromatic heterocycles. The first kappa shape index (κ1) is 27.4. The Bertz CT molecular complexity index is 271. The van der Waals surface area contributed by atoms with Gasteiger partial charge in [0.2, 0.25) is 0 Å². The molecule has 2 nitrogen and oxygen atoms in total. The first-order valence-electron chi connectivity index (χ1n) is 5.13. The molecule has 1 atom stereocenters. The molecule has 0 saturated carbocycles. The second-order valence-electron chi connectivity index (χ2n) is 3.51. The summed E-state index contributed by atoms with van der Waals surface area (Å²) in [6.45, 7) is 6.81. The zero-order valence-corrected chi connectivity index (χ0v) is 15.8. The van der Waals surface area contributed by atoms with Crippen molar-refractivity contribution in [1.29, 1.82) is 0 Å². The molecule has 7 heteroatoms. The zero-order chi connectivity index (χ0) is 14.1. The van der Waals surface area contributed by atoms with Gasteiger partial charge in [0.25, 0.3) is 0 Å². The third kappa shape index (κ3) is 23.5. The van der Waals surface area contributed by atoms with Crippen molar-refractivity contribution in [2.24, 2.45) is 0 Å². The van der Waals surface area contributed by atoms with Crippen molar-refractivity contribution in [2.45, 2.75) is 19.0 Å². The summed E-state index contributed by atoms with van der Waals surface area (Å²) in [5.41, 5.74) is 5.14. The maximum Gasteiger partial charge on any atom is 0.412 e. The molecule has 0 fully saturated rings. The molecule has 1 aliphatic carbocycles. The van der Waals surface area contributed by atoms with E-state index in [2.05, 4.69) is 20.0 Å². The summed E-state index contributed by atoms with van der Waals surface area (Å²) in [6.07, 6.45) is -1.48. The predicted octanol–water partition coefficient (Wildman–Crippen LogP) is 5.14. The molecule has 0 N–H and O–H groups in total. The van der Waals surface area contributed by atoms with Crippen molar-refractivity contribution < 1.29 is 35.6 Å². The Morgan fingerprint density at radius 3 is 1.84 bits per heavy atom. The van der Waals surface area contributed by atoms with Crippen LogP contribution in [0, 0.1) is 19.8 Å². The van der Waals surface area contributed by atoms with Gasteiger partial charge in [0.15, 0.2) is 0 Å². The van der Waals surface area contributed by atoms with Crippen LogP contribution in [0.2, 0.25) is 0 Å². The van der Waals surface area contributed by atoms with Crippen LogP contribution in [0.1, 0.15) is 14.2 Å². The van der Waals surface area contributed by atoms with Gasteiger partial charge in [-0.2, -0.15) is 13.2 Å². The number of rotatable bonds is 0. The van der Waals surface area contributed by atoms with Gasteiger partial charge < -0.3 is 25.4 Å². The molecular weight excluding hydrogens is 446 g/mol. The van der Waals surface area contributed by atoms with E-state index in [1.807, 2.05) is 0 Å². The van der Waals surface area contributed by atoms with E-state index in [0.717, 1.165) is 6.08 Å². The maximum atomic E-state index is 11.9. The molecule has 0 bridgehead atoms. The quantitative estimate of drug-likeness (QED) is 0.357.